The number of imidazole rings is 1. The Hall–Kier alpha value is -2.57. The molecule has 0 spiro atoms. The van der Waals surface area contributed by atoms with Gasteiger partial charge in [-0.15, -0.1) is 0 Å². The Bertz CT molecular complexity index is 901. The van der Waals surface area contributed by atoms with Crippen molar-refractivity contribution in [1.82, 2.24) is 9.13 Å². The molecule has 0 unspecified atom stereocenters. The van der Waals surface area contributed by atoms with Crippen molar-refractivity contribution in [3.63, 3.8) is 0 Å². The third-order valence-corrected chi connectivity index (χ3v) is 4.21. The van der Waals surface area contributed by atoms with E-state index < -0.39 is 11.6 Å². The fourth-order valence-electron chi connectivity index (χ4n) is 3.21. The molecule has 0 fully saturated rings. The minimum Gasteiger partial charge on any atom is -0.459 e. The minimum absolute atomic E-state index is 0.117. The van der Waals surface area contributed by atoms with Gasteiger partial charge in [-0.25, -0.2) is 4.79 Å². The number of hydrogen-bond donors (Lipinski definition) is 0. The topological polar surface area (TPSA) is 73.5 Å². The van der Waals surface area contributed by atoms with E-state index in [-0.39, 0.29) is 24.6 Å². The molecule has 0 radical (unpaired) electrons. The summed E-state index contributed by atoms with van der Waals surface area (Å²) in [6.07, 6.45) is 0.830. The summed E-state index contributed by atoms with van der Waals surface area (Å²) in [6, 6.07) is 5.40. The Morgan fingerprint density at radius 2 is 1.96 bits per heavy atom. The van der Waals surface area contributed by atoms with Crippen LogP contribution in [0.1, 0.15) is 33.6 Å². The van der Waals surface area contributed by atoms with E-state index in [1.54, 1.807) is 49.1 Å². The molecule has 25 heavy (non-hydrogen) atoms. The summed E-state index contributed by atoms with van der Waals surface area (Å²) in [7, 11) is 1.71. The molecule has 0 aliphatic carbocycles. The predicted molar refractivity (Wildman–Crippen MR) is 94.6 cm³/mol. The van der Waals surface area contributed by atoms with Gasteiger partial charge in [-0.2, -0.15) is 0 Å². The number of nitrogens with zero attached hydrogens (tertiary/aromatic N) is 3. The Morgan fingerprint density at radius 3 is 2.64 bits per heavy atom. The Balaban J connectivity index is 2.11. The third kappa shape index (κ3) is 3.18. The van der Waals surface area contributed by atoms with E-state index in [0.717, 1.165) is 5.52 Å². The second-order valence-corrected chi connectivity index (χ2v) is 7.31. The number of carbonyl (C=O) groups is 2. The maximum absolute atomic E-state index is 12.6. The van der Waals surface area contributed by atoms with Crippen molar-refractivity contribution in [3.05, 3.63) is 28.7 Å². The summed E-state index contributed by atoms with van der Waals surface area (Å²) >= 11 is 0. The third-order valence-electron chi connectivity index (χ3n) is 4.21. The van der Waals surface area contributed by atoms with E-state index in [4.69, 9.17) is 4.74 Å². The van der Waals surface area contributed by atoms with E-state index in [1.165, 1.54) is 4.90 Å². The zero-order valence-corrected chi connectivity index (χ0v) is 15.0. The lowest BCUT2D eigenvalue weighted by Crippen LogP contribution is -2.40. The Kier molecular flexibility index (Phi) is 4.18. The SMILES string of the molecule is Cn1c(=O)n2c3c(cccc31)N(CC(=O)OC(C)(C)C)C(=O)CCC2. The number of esters is 1. The monoisotopic (exact) mass is 345 g/mol. The van der Waals surface area contributed by atoms with Crippen molar-refractivity contribution in [2.75, 3.05) is 11.4 Å². The molecular formula is C18H23N3O4. The first-order chi connectivity index (χ1) is 11.7. The molecule has 0 saturated heterocycles. The van der Waals surface area contributed by atoms with Crippen LogP contribution in [0.5, 0.6) is 0 Å². The standard InChI is InChI=1S/C18H23N3O4/c1-18(2,3)25-15(23)11-21-13-8-5-7-12-16(13)20(17(24)19(12)4)10-6-9-14(21)22/h5,7-8H,6,9-11H2,1-4H3. The lowest BCUT2D eigenvalue weighted by molar-refractivity contribution is -0.153. The van der Waals surface area contributed by atoms with Crippen LogP contribution < -0.4 is 10.6 Å². The number of hydrogen-bond acceptors (Lipinski definition) is 4. The minimum atomic E-state index is -0.621. The number of para-hydroxylation sites is 1. The second kappa shape index (κ2) is 6.06. The van der Waals surface area contributed by atoms with Gasteiger partial charge in [0, 0.05) is 20.0 Å². The number of ether oxygens (including phenoxy) is 1. The van der Waals surface area contributed by atoms with Crippen LogP contribution in [0.15, 0.2) is 23.0 Å². The van der Waals surface area contributed by atoms with Crippen LogP contribution in [0.2, 0.25) is 0 Å². The molecular weight excluding hydrogens is 322 g/mol. The lowest BCUT2D eigenvalue weighted by Gasteiger charge is -2.27. The molecule has 0 atom stereocenters. The van der Waals surface area contributed by atoms with E-state index in [0.29, 0.717) is 24.2 Å². The zero-order chi connectivity index (χ0) is 18.4. The highest BCUT2D eigenvalue weighted by atomic mass is 16.6. The van der Waals surface area contributed by atoms with Gasteiger partial charge in [-0.1, -0.05) is 6.07 Å². The van der Waals surface area contributed by atoms with Crippen LogP contribution in [-0.2, 0) is 27.9 Å². The second-order valence-electron chi connectivity index (χ2n) is 7.31. The first-order valence-corrected chi connectivity index (χ1v) is 8.39. The summed E-state index contributed by atoms with van der Waals surface area (Å²) < 4.78 is 8.62. The fourth-order valence-corrected chi connectivity index (χ4v) is 3.21. The molecule has 1 aromatic heterocycles. The maximum Gasteiger partial charge on any atom is 0.328 e. The molecule has 134 valence electrons. The molecule has 1 amide bonds. The maximum atomic E-state index is 12.6. The first kappa shape index (κ1) is 17.3. The molecule has 1 aromatic carbocycles. The van der Waals surface area contributed by atoms with Crippen molar-refractivity contribution in [2.45, 2.75) is 45.8 Å². The van der Waals surface area contributed by atoms with Crippen molar-refractivity contribution in [2.24, 2.45) is 7.05 Å². The van der Waals surface area contributed by atoms with E-state index in [2.05, 4.69) is 0 Å². The van der Waals surface area contributed by atoms with Gasteiger partial charge in [-0.3, -0.25) is 23.6 Å². The Labute approximate surface area is 145 Å². The first-order valence-electron chi connectivity index (χ1n) is 8.39. The van der Waals surface area contributed by atoms with Gasteiger partial charge in [0.15, 0.2) is 0 Å². The summed E-state index contributed by atoms with van der Waals surface area (Å²) in [5, 5.41) is 0. The average molecular weight is 345 g/mol. The van der Waals surface area contributed by atoms with Crippen LogP contribution >= 0.6 is 0 Å². The zero-order valence-electron chi connectivity index (χ0n) is 15.0. The number of amides is 1. The number of aryl methyl sites for hydroxylation is 2. The molecule has 2 heterocycles. The van der Waals surface area contributed by atoms with Gasteiger partial charge in [0.25, 0.3) is 0 Å². The van der Waals surface area contributed by atoms with Crippen molar-refractivity contribution in [1.29, 1.82) is 0 Å². The average Bonchev–Trinajstić information content (AvgIpc) is 2.75. The molecule has 2 aromatic rings. The van der Waals surface area contributed by atoms with E-state index >= 15 is 0 Å². The number of rotatable bonds is 2. The van der Waals surface area contributed by atoms with Crippen LogP contribution in [0, 0.1) is 0 Å². The van der Waals surface area contributed by atoms with Crippen LogP contribution in [0.25, 0.3) is 11.0 Å². The largest absolute Gasteiger partial charge is 0.459 e. The summed E-state index contributed by atoms with van der Waals surface area (Å²) in [4.78, 5) is 38.9. The highest BCUT2D eigenvalue weighted by molar-refractivity contribution is 6.04. The highest BCUT2D eigenvalue weighted by Crippen LogP contribution is 2.29. The quantitative estimate of drug-likeness (QED) is 0.778. The summed E-state index contributed by atoms with van der Waals surface area (Å²) in [5.41, 5.74) is 1.27. The number of benzene rings is 1. The molecule has 7 heteroatoms. The van der Waals surface area contributed by atoms with Gasteiger partial charge in [0.2, 0.25) is 5.91 Å². The molecule has 3 rings (SSSR count). The lowest BCUT2D eigenvalue weighted by atomic mass is 10.1. The number of anilines is 1. The highest BCUT2D eigenvalue weighted by Gasteiger charge is 2.28. The van der Waals surface area contributed by atoms with Crippen molar-refractivity contribution >= 4 is 28.6 Å². The smallest absolute Gasteiger partial charge is 0.328 e. The predicted octanol–water partition coefficient (Wildman–Crippen LogP) is 1.81. The van der Waals surface area contributed by atoms with Crippen LogP contribution in [0.3, 0.4) is 0 Å². The van der Waals surface area contributed by atoms with Crippen molar-refractivity contribution < 1.29 is 14.3 Å². The van der Waals surface area contributed by atoms with Crippen LogP contribution in [0.4, 0.5) is 5.69 Å². The van der Waals surface area contributed by atoms with Crippen LogP contribution in [-0.4, -0.2) is 33.2 Å². The normalized spacial score (nSPS) is 15.2. The summed E-state index contributed by atoms with van der Waals surface area (Å²) in [6.45, 7) is 5.68. The molecule has 0 N–H and O–H groups in total. The molecule has 7 nitrogen and oxygen atoms in total. The molecule has 0 bridgehead atoms. The van der Waals surface area contributed by atoms with Gasteiger partial charge in [0.1, 0.15) is 12.1 Å². The van der Waals surface area contributed by atoms with Gasteiger partial charge in [0.05, 0.1) is 16.7 Å². The number of aromatic nitrogens is 2. The molecule has 1 aliphatic heterocycles. The van der Waals surface area contributed by atoms with Gasteiger partial charge in [-0.05, 0) is 39.3 Å². The van der Waals surface area contributed by atoms with Crippen molar-refractivity contribution in [3.8, 4) is 0 Å². The fraction of sp³-hybridized carbons (Fsp3) is 0.500. The Morgan fingerprint density at radius 1 is 1.24 bits per heavy atom. The van der Waals surface area contributed by atoms with E-state index in [1.807, 2.05) is 6.07 Å². The summed E-state index contributed by atoms with van der Waals surface area (Å²) in [5.74, 6) is -0.607. The number of carbonyl (C=O) groups excluding carboxylic acids is 2. The molecule has 0 saturated carbocycles. The van der Waals surface area contributed by atoms with Gasteiger partial charge < -0.3 is 4.74 Å². The van der Waals surface area contributed by atoms with E-state index in [9.17, 15) is 14.4 Å². The molecule has 1 aliphatic rings. The van der Waals surface area contributed by atoms with Gasteiger partial charge >= 0.3 is 11.7 Å².